The Kier molecular flexibility index (Phi) is 1.31. The number of fused-ring (bicyclic) bond motifs is 1. The molecule has 0 aromatic heterocycles. The van der Waals surface area contributed by atoms with E-state index in [-0.39, 0.29) is 0 Å². The van der Waals surface area contributed by atoms with Crippen LogP contribution in [-0.2, 0) is 0 Å². The lowest BCUT2D eigenvalue weighted by Gasteiger charge is -1.94. The van der Waals surface area contributed by atoms with Gasteiger partial charge in [-0.25, -0.2) is 0 Å². The first kappa shape index (κ1) is 6.59. The Morgan fingerprint density at radius 1 is 1.36 bits per heavy atom. The molecule has 1 aliphatic heterocycles. The van der Waals surface area contributed by atoms with E-state index < -0.39 is 0 Å². The summed E-state index contributed by atoms with van der Waals surface area (Å²) in [6, 6.07) is 0. The van der Waals surface area contributed by atoms with Crippen LogP contribution in [0.2, 0.25) is 0 Å². The number of hydrogen-bond acceptors (Lipinski definition) is 1. The van der Waals surface area contributed by atoms with Crippen LogP contribution in [0.15, 0.2) is 40.1 Å². The zero-order chi connectivity index (χ0) is 7.84. The van der Waals surface area contributed by atoms with E-state index in [1.807, 2.05) is 6.92 Å². The first-order valence-electron chi connectivity index (χ1n) is 4.00. The van der Waals surface area contributed by atoms with Crippen molar-refractivity contribution >= 4 is 5.71 Å². The van der Waals surface area contributed by atoms with Crippen LogP contribution in [0, 0.1) is 0 Å². The topological polar surface area (TPSA) is 12.4 Å². The number of allylic oxidation sites excluding steroid dienone is 6. The number of aliphatic imine (C=N–C) groups is 1. The van der Waals surface area contributed by atoms with Crippen LogP contribution >= 0.6 is 0 Å². The fraction of sp³-hybridized carbons (Fsp3) is 0.300. The molecule has 1 aliphatic carbocycles. The fourth-order valence-corrected chi connectivity index (χ4v) is 1.53. The van der Waals surface area contributed by atoms with Crippen LogP contribution in [-0.4, -0.2) is 5.71 Å². The highest BCUT2D eigenvalue weighted by Crippen LogP contribution is 2.27. The molecule has 1 heterocycles. The van der Waals surface area contributed by atoms with Crippen LogP contribution in [0.1, 0.15) is 20.3 Å². The van der Waals surface area contributed by atoms with Crippen molar-refractivity contribution in [2.24, 2.45) is 4.99 Å². The zero-order valence-electron chi connectivity index (χ0n) is 6.89. The van der Waals surface area contributed by atoms with Gasteiger partial charge in [0.05, 0.1) is 5.71 Å². The lowest BCUT2D eigenvalue weighted by molar-refractivity contribution is 1.15. The van der Waals surface area contributed by atoms with Crippen molar-refractivity contribution in [2.45, 2.75) is 20.3 Å². The van der Waals surface area contributed by atoms with E-state index in [4.69, 9.17) is 0 Å². The Bertz CT molecular complexity index is 314. The monoisotopic (exact) mass is 145 g/mol. The molecule has 0 fully saturated rings. The fourth-order valence-electron chi connectivity index (χ4n) is 1.53. The van der Waals surface area contributed by atoms with Crippen molar-refractivity contribution < 1.29 is 0 Å². The Labute approximate surface area is 66.8 Å². The summed E-state index contributed by atoms with van der Waals surface area (Å²) < 4.78 is 0. The summed E-state index contributed by atoms with van der Waals surface area (Å²) in [4.78, 5) is 4.38. The first-order chi connectivity index (χ1) is 5.31. The normalized spacial score (nSPS) is 20.5. The van der Waals surface area contributed by atoms with E-state index in [0.29, 0.717) is 0 Å². The standard InChI is InChI=1S/C10H11N/c1-3-8-4-5-10-9(8)6-7(2)11-10/h4-6H,3H2,1-2H3. The molecule has 0 radical (unpaired) electrons. The molecule has 2 aliphatic rings. The molecule has 1 nitrogen and oxygen atoms in total. The largest absolute Gasteiger partial charge is 0.253 e. The summed E-state index contributed by atoms with van der Waals surface area (Å²) in [6.07, 6.45) is 7.53. The number of nitrogens with zero attached hydrogens (tertiary/aromatic N) is 1. The van der Waals surface area contributed by atoms with Gasteiger partial charge >= 0.3 is 0 Å². The van der Waals surface area contributed by atoms with Crippen molar-refractivity contribution in [1.29, 1.82) is 0 Å². The highest BCUT2D eigenvalue weighted by molar-refractivity contribution is 6.16. The van der Waals surface area contributed by atoms with Gasteiger partial charge in [0.2, 0.25) is 0 Å². The van der Waals surface area contributed by atoms with Crippen LogP contribution in [0.5, 0.6) is 0 Å². The van der Waals surface area contributed by atoms with E-state index in [0.717, 1.165) is 17.8 Å². The molecule has 11 heavy (non-hydrogen) atoms. The van der Waals surface area contributed by atoms with Gasteiger partial charge in [-0.15, -0.1) is 0 Å². The van der Waals surface area contributed by atoms with Crippen LogP contribution < -0.4 is 0 Å². The Hall–Kier alpha value is -1.11. The van der Waals surface area contributed by atoms with Crippen molar-refractivity contribution in [3.8, 4) is 0 Å². The summed E-state index contributed by atoms with van der Waals surface area (Å²) in [5.74, 6) is 0. The Morgan fingerprint density at radius 3 is 2.91 bits per heavy atom. The molecule has 0 bridgehead atoms. The molecule has 0 aromatic rings. The molecule has 0 aromatic carbocycles. The summed E-state index contributed by atoms with van der Waals surface area (Å²) in [5, 5.41) is 0. The van der Waals surface area contributed by atoms with Crippen LogP contribution in [0.25, 0.3) is 0 Å². The second-order valence-corrected chi connectivity index (χ2v) is 2.91. The van der Waals surface area contributed by atoms with Gasteiger partial charge in [0.1, 0.15) is 0 Å². The van der Waals surface area contributed by atoms with Gasteiger partial charge in [0, 0.05) is 11.3 Å². The lowest BCUT2D eigenvalue weighted by Crippen LogP contribution is -1.87. The van der Waals surface area contributed by atoms with Gasteiger partial charge < -0.3 is 0 Å². The molecule has 0 N–H and O–H groups in total. The SMILES string of the molecule is CCC1=C2C=C(C)N=C2C=C1. The van der Waals surface area contributed by atoms with Crippen molar-refractivity contribution in [1.82, 2.24) is 0 Å². The van der Waals surface area contributed by atoms with Gasteiger partial charge in [-0.2, -0.15) is 0 Å². The van der Waals surface area contributed by atoms with Gasteiger partial charge in [0.25, 0.3) is 0 Å². The maximum atomic E-state index is 4.38. The summed E-state index contributed by atoms with van der Waals surface area (Å²) >= 11 is 0. The molecule has 56 valence electrons. The van der Waals surface area contributed by atoms with Crippen molar-refractivity contribution in [3.63, 3.8) is 0 Å². The average molecular weight is 145 g/mol. The molecule has 0 unspecified atom stereocenters. The second kappa shape index (κ2) is 2.19. The molecule has 0 spiro atoms. The molecule has 2 rings (SSSR count). The quantitative estimate of drug-likeness (QED) is 0.538. The predicted molar refractivity (Wildman–Crippen MR) is 47.6 cm³/mol. The minimum absolute atomic E-state index is 1.11. The van der Waals surface area contributed by atoms with Crippen LogP contribution in [0.3, 0.4) is 0 Å². The maximum Gasteiger partial charge on any atom is 0.0708 e. The minimum atomic E-state index is 1.11. The molecular weight excluding hydrogens is 134 g/mol. The minimum Gasteiger partial charge on any atom is -0.253 e. The zero-order valence-corrected chi connectivity index (χ0v) is 6.89. The Balaban J connectivity index is 2.49. The second-order valence-electron chi connectivity index (χ2n) is 2.91. The van der Waals surface area contributed by atoms with E-state index in [1.54, 1.807) is 0 Å². The Morgan fingerprint density at radius 2 is 2.18 bits per heavy atom. The molecule has 1 heteroatoms. The van der Waals surface area contributed by atoms with E-state index >= 15 is 0 Å². The average Bonchev–Trinajstić information content (AvgIpc) is 2.45. The molecule has 0 atom stereocenters. The smallest absolute Gasteiger partial charge is 0.0708 e. The maximum absolute atomic E-state index is 4.38. The van der Waals surface area contributed by atoms with Gasteiger partial charge in [-0.1, -0.05) is 13.0 Å². The van der Waals surface area contributed by atoms with E-state index in [1.165, 1.54) is 11.1 Å². The first-order valence-corrected chi connectivity index (χ1v) is 4.00. The van der Waals surface area contributed by atoms with Gasteiger partial charge in [-0.3, -0.25) is 4.99 Å². The van der Waals surface area contributed by atoms with E-state index in [2.05, 4.69) is 30.1 Å². The molecule has 0 saturated carbocycles. The summed E-state index contributed by atoms with van der Waals surface area (Å²) in [6.45, 7) is 4.22. The summed E-state index contributed by atoms with van der Waals surface area (Å²) in [5.41, 5.74) is 5.04. The lowest BCUT2D eigenvalue weighted by atomic mass is 10.1. The third kappa shape index (κ3) is 0.881. The predicted octanol–water partition coefficient (Wildman–Crippen LogP) is 2.62. The summed E-state index contributed by atoms with van der Waals surface area (Å²) in [7, 11) is 0. The number of rotatable bonds is 1. The molecule has 0 amide bonds. The van der Waals surface area contributed by atoms with Crippen molar-refractivity contribution in [2.75, 3.05) is 0 Å². The molecular formula is C10H11N. The highest BCUT2D eigenvalue weighted by atomic mass is 14.8. The van der Waals surface area contributed by atoms with Gasteiger partial charge in [-0.05, 0) is 31.1 Å². The highest BCUT2D eigenvalue weighted by Gasteiger charge is 2.16. The van der Waals surface area contributed by atoms with Gasteiger partial charge in [0.15, 0.2) is 0 Å². The molecule has 0 saturated heterocycles. The van der Waals surface area contributed by atoms with E-state index in [9.17, 15) is 0 Å². The van der Waals surface area contributed by atoms with Crippen molar-refractivity contribution in [3.05, 3.63) is 35.1 Å². The third-order valence-electron chi connectivity index (χ3n) is 2.10. The third-order valence-corrected chi connectivity index (χ3v) is 2.10. The van der Waals surface area contributed by atoms with Crippen LogP contribution in [0.4, 0.5) is 0 Å². The number of hydrogen-bond donors (Lipinski definition) is 0.